The Hall–Kier alpha value is -2.60. The molecule has 2 aromatic rings. The van der Waals surface area contributed by atoms with Crippen LogP contribution in [-0.2, 0) is 4.79 Å². The molecule has 3 rings (SSSR count). The van der Waals surface area contributed by atoms with Gasteiger partial charge in [0, 0.05) is 0 Å². The molecule has 26 heavy (non-hydrogen) atoms. The van der Waals surface area contributed by atoms with Gasteiger partial charge in [0.1, 0.15) is 11.5 Å². The van der Waals surface area contributed by atoms with Gasteiger partial charge in [-0.15, -0.1) is 0 Å². The molecule has 5 nitrogen and oxygen atoms in total. The van der Waals surface area contributed by atoms with Gasteiger partial charge in [-0.25, -0.2) is 0 Å². The van der Waals surface area contributed by atoms with Gasteiger partial charge in [-0.2, -0.15) is 0 Å². The fraction of sp³-hybridized carbons (Fsp3) is 0.250. The highest BCUT2D eigenvalue weighted by Gasteiger charge is 2.27. The van der Waals surface area contributed by atoms with E-state index in [1.54, 1.807) is 14.2 Å². The lowest BCUT2D eigenvalue weighted by Crippen LogP contribution is -2.31. The number of carbonyl (C=O) groups excluding carboxylic acids is 1. The molecule has 0 aliphatic carbocycles. The van der Waals surface area contributed by atoms with Crippen LogP contribution in [0.2, 0.25) is 0 Å². The fourth-order valence-electron chi connectivity index (χ4n) is 2.78. The first kappa shape index (κ1) is 18.2. The van der Waals surface area contributed by atoms with E-state index in [9.17, 15) is 4.79 Å². The third kappa shape index (κ3) is 3.96. The van der Waals surface area contributed by atoms with Crippen LogP contribution in [-0.4, -0.2) is 25.6 Å². The summed E-state index contributed by atoms with van der Waals surface area (Å²) >= 11 is 1.45. The second kappa shape index (κ2) is 7.74. The number of aryl methyl sites for hydroxylation is 2. The molecule has 0 spiro atoms. The maximum absolute atomic E-state index is 12.3. The summed E-state index contributed by atoms with van der Waals surface area (Å²) < 4.78 is 10.7. The number of ether oxygens (including phenoxy) is 2. The molecule has 1 amide bonds. The molecule has 2 N–H and O–H groups in total. The van der Waals surface area contributed by atoms with Gasteiger partial charge in [0.25, 0.3) is 5.91 Å². The lowest BCUT2D eigenvalue weighted by molar-refractivity contribution is -0.116. The Morgan fingerprint density at radius 2 is 1.81 bits per heavy atom. The number of hydrogen-bond acceptors (Lipinski definition) is 5. The Labute approximate surface area is 157 Å². The van der Waals surface area contributed by atoms with Crippen LogP contribution in [0.4, 0.5) is 5.69 Å². The summed E-state index contributed by atoms with van der Waals surface area (Å²) in [5, 5.41) is 6.27. The summed E-state index contributed by atoms with van der Waals surface area (Å²) in [4.78, 5) is 13.0. The van der Waals surface area contributed by atoms with E-state index in [1.165, 1.54) is 11.8 Å². The maximum atomic E-state index is 12.3. The molecule has 2 aromatic carbocycles. The number of benzene rings is 2. The van der Waals surface area contributed by atoms with Crippen molar-refractivity contribution in [2.24, 2.45) is 0 Å². The zero-order chi connectivity index (χ0) is 18.7. The summed E-state index contributed by atoms with van der Waals surface area (Å²) in [5.41, 5.74) is 3.72. The molecule has 1 heterocycles. The van der Waals surface area contributed by atoms with Crippen LogP contribution in [0.1, 0.15) is 16.7 Å². The molecule has 1 fully saturated rings. The first-order valence-corrected chi connectivity index (χ1v) is 9.13. The number of carbonyl (C=O) groups is 1. The summed E-state index contributed by atoms with van der Waals surface area (Å²) in [5.74, 6) is 1.49. The lowest BCUT2D eigenvalue weighted by atomic mass is 10.1. The van der Waals surface area contributed by atoms with Crippen molar-refractivity contribution in [3.05, 3.63) is 58.0 Å². The number of nitrogens with one attached hydrogen (secondary N) is 2. The Balaban J connectivity index is 1.76. The van der Waals surface area contributed by atoms with Gasteiger partial charge in [-0.05, 0) is 60.9 Å². The summed E-state index contributed by atoms with van der Waals surface area (Å²) in [7, 11) is 3.28. The van der Waals surface area contributed by atoms with E-state index in [4.69, 9.17) is 9.47 Å². The van der Waals surface area contributed by atoms with Gasteiger partial charge in [-0.3, -0.25) is 4.79 Å². The molecular weight excluding hydrogens is 348 g/mol. The number of hydrogen-bond donors (Lipinski definition) is 2. The predicted molar refractivity (Wildman–Crippen MR) is 107 cm³/mol. The molecule has 6 heteroatoms. The number of amides is 1. The largest absolute Gasteiger partial charge is 0.496 e. The van der Waals surface area contributed by atoms with Crippen molar-refractivity contribution in [2.75, 3.05) is 19.5 Å². The van der Waals surface area contributed by atoms with Crippen molar-refractivity contribution in [3.8, 4) is 11.5 Å². The Morgan fingerprint density at radius 3 is 2.50 bits per heavy atom. The van der Waals surface area contributed by atoms with Crippen LogP contribution in [0.15, 0.2) is 41.3 Å². The molecule has 0 aromatic heterocycles. The molecule has 1 unspecified atom stereocenters. The van der Waals surface area contributed by atoms with E-state index in [-0.39, 0.29) is 11.4 Å². The van der Waals surface area contributed by atoms with Gasteiger partial charge in [0.2, 0.25) is 0 Å². The van der Waals surface area contributed by atoms with Crippen LogP contribution < -0.4 is 20.1 Å². The second-order valence-corrected chi connectivity index (χ2v) is 7.20. The van der Waals surface area contributed by atoms with E-state index in [1.807, 2.05) is 56.3 Å². The van der Waals surface area contributed by atoms with Gasteiger partial charge >= 0.3 is 0 Å². The molecule has 0 saturated carbocycles. The quantitative estimate of drug-likeness (QED) is 0.781. The van der Waals surface area contributed by atoms with Gasteiger partial charge in [-0.1, -0.05) is 23.9 Å². The Kier molecular flexibility index (Phi) is 5.42. The first-order valence-electron chi connectivity index (χ1n) is 8.25. The van der Waals surface area contributed by atoms with Crippen molar-refractivity contribution in [3.63, 3.8) is 0 Å². The summed E-state index contributed by atoms with van der Waals surface area (Å²) in [6.07, 6.45) is 1.89. The molecule has 1 atom stereocenters. The molecule has 1 aliphatic rings. The first-order chi connectivity index (χ1) is 12.5. The van der Waals surface area contributed by atoms with Crippen molar-refractivity contribution < 1.29 is 14.3 Å². The van der Waals surface area contributed by atoms with E-state index >= 15 is 0 Å². The molecule has 0 bridgehead atoms. The minimum atomic E-state index is -0.246. The van der Waals surface area contributed by atoms with Crippen molar-refractivity contribution in [1.82, 2.24) is 5.32 Å². The summed E-state index contributed by atoms with van der Waals surface area (Å²) in [6.45, 7) is 4.00. The third-order valence-corrected chi connectivity index (χ3v) is 5.12. The zero-order valence-corrected chi connectivity index (χ0v) is 16.1. The van der Waals surface area contributed by atoms with Crippen LogP contribution in [0.25, 0.3) is 6.08 Å². The normalized spacial score (nSPS) is 17.9. The van der Waals surface area contributed by atoms with E-state index in [2.05, 4.69) is 10.6 Å². The van der Waals surface area contributed by atoms with E-state index in [0.717, 1.165) is 33.9 Å². The fourth-order valence-corrected chi connectivity index (χ4v) is 3.76. The molecule has 1 saturated heterocycles. The molecular formula is C20H22N2O3S. The highest BCUT2D eigenvalue weighted by Crippen LogP contribution is 2.33. The number of anilines is 1. The highest BCUT2D eigenvalue weighted by molar-refractivity contribution is 8.05. The number of thioether (sulfide) groups is 1. The van der Waals surface area contributed by atoms with E-state index < -0.39 is 0 Å². The van der Waals surface area contributed by atoms with Crippen LogP contribution in [0.3, 0.4) is 0 Å². The average Bonchev–Trinajstić information content (AvgIpc) is 2.94. The smallest absolute Gasteiger partial charge is 0.260 e. The minimum absolute atomic E-state index is 0.0902. The van der Waals surface area contributed by atoms with Crippen molar-refractivity contribution >= 4 is 29.4 Å². The standard InChI is InChI=1S/C20H22N2O3S/c1-12-5-7-17(25-4)15(9-12)21-20-22-19(23)18(26-20)11-14-6-8-16(24-3)13(2)10-14/h5-11,20-21H,1-4H3,(H,22,23)/b18-11-. The SMILES string of the molecule is COc1ccc(/C=C2\SC(Nc3cc(C)ccc3OC)NC2=O)cc1C. The van der Waals surface area contributed by atoms with Gasteiger partial charge in [0.05, 0.1) is 24.8 Å². The van der Waals surface area contributed by atoms with Crippen molar-refractivity contribution in [2.45, 2.75) is 19.3 Å². The zero-order valence-electron chi connectivity index (χ0n) is 15.3. The van der Waals surface area contributed by atoms with Crippen molar-refractivity contribution in [1.29, 1.82) is 0 Å². The Morgan fingerprint density at radius 1 is 1.08 bits per heavy atom. The minimum Gasteiger partial charge on any atom is -0.496 e. The topological polar surface area (TPSA) is 59.6 Å². The van der Waals surface area contributed by atoms with Gasteiger partial charge < -0.3 is 20.1 Å². The van der Waals surface area contributed by atoms with Gasteiger partial charge in [0.15, 0.2) is 5.50 Å². The molecule has 0 radical (unpaired) electrons. The molecule has 136 valence electrons. The van der Waals surface area contributed by atoms with Crippen LogP contribution in [0.5, 0.6) is 11.5 Å². The van der Waals surface area contributed by atoms with E-state index in [0.29, 0.717) is 4.91 Å². The highest BCUT2D eigenvalue weighted by atomic mass is 32.2. The predicted octanol–water partition coefficient (Wildman–Crippen LogP) is 3.92. The number of rotatable bonds is 5. The van der Waals surface area contributed by atoms with Crippen LogP contribution in [0, 0.1) is 13.8 Å². The summed E-state index contributed by atoms with van der Waals surface area (Å²) in [6, 6.07) is 11.8. The van der Waals surface area contributed by atoms with Crippen LogP contribution >= 0.6 is 11.8 Å². The maximum Gasteiger partial charge on any atom is 0.260 e. The second-order valence-electron chi connectivity index (χ2n) is 6.06. The Bertz CT molecular complexity index is 864. The monoisotopic (exact) mass is 370 g/mol. The number of methoxy groups -OCH3 is 2. The third-order valence-electron chi connectivity index (χ3n) is 4.09. The average molecular weight is 370 g/mol. The molecule has 1 aliphatic heterocycles. The lowest BCUT2D eigenvalue weighted by Gasteiger charge is -2.16.